The zero-order valence-electron chi connectivity index (χ0n) is 14.8. The van der Waals surface area contributed by atoms with Crippen molar-refractivity contribution in [3.63, 3.8) is 0 Å². The smallest absolute Gasteiger partial charge is 0.246 e. The lowest BCUT2D eigenvalue weighted by Crippen LogP contribution is -2.49. The molecule has 0 aromatic carbocycles. The Morgan fingerprint density at radius 2 is 2.04 bits per heavy atom. The fourth-order valence-corrected chi connectivity index (χ4v) is 3.25. The summed E-state index contributed by atoms with van der Waals surface area (Å²) in [5.41, 5.74) is 4.97. The number of anilines is 1. The Kier molecular flexibility index (Phi) is 4.31. The molecule has 2 aromatic rings. The molecule has 0 saturated carbocycles. The van der Waals surface area contributed by atoms with Gasteiger partial charge in [0.05, 0.1) is 13.2 Å². The summed E-state index contributed by atoms with van der Waals surface area (Å²) in [4.78, 5) is 12.6. The fraction of sp³-hybridized carbons (Fsp3) is 0.667. The molecule has 3 rings (SSSR count). The van der Waals surface area contributed by atoms with Gasteiger partial charge in [0.15, 0.2) is 17.4 Å². The van der Waals surface area contributed by atoms with E-state index >= 15 is 0 Å². The summed E-state index contributed by atoms with van der Waals surface area (Å²) in [6, 6.07) is 0. The second-order valence-electron chi connectivity index (χ2n) is 6.35. The van der Waals surface area contributed by atoms with E-state index < -0.39 is 30.1 Å². The van der Waals surface area contributed by atoms with Crippen LogP contribution >= 0.6 is 0 Å². The van der Waals surface area contributed by atoms with Crippen molar-refractivity contribution in [3.05, 3.63) is 5.82 Å². The molecule has 1 aliphatic rings. The number of hydrogen-bond donors (Lipinski definition) is 3. The number of nitrogen functional groups attached to an aromatic ring is 1. The van der Waals surface area contributed by atoms with Crippen LogP contribution in [-0.4, -0.2) is 67.9 Å². The SMILES string of the molecule is COc1nc(N)nc2c1nc(C)n2[C@@H]1O[C@H](C(C)OC)[C@@](C)(O)[C@@H]1O.[HH].[HH].[HH].[HH].[HH].[HH].[HH].[HH].[HH].[HH].[HH].[HH].[HH].[HH].[HH].[HH].[HH].[HH].[HH].[HH].[HH].[HH].[HH].[HH].[HH].[HH].[HH].[HH].[HH].[HH].[HH]. The van der Waals surface area contributed by atoms with Gasteiger partial charge in [-0.25, -0.2) is 4.98 Å². The van der Waals surface area contributed by atoms with Crippen molar-refractivity contribution in [1.82, 2.24) is 19.5 Å². The van der Waals surface area contributed by atoms with E-state index in [-0.39, 0.29) is 56.1 Å². The Morgan fingerprint density at radius 1 is 1.36 bits per heavy atom. The summed E-state index contributed by atoms with van der Waals surface area (Å²) < 4.78 is 18.0. The van der Waals surface area contributed by atoms with Crippen LogP contribution in [0.3, 0.4) is 0 Å². The molecular weight excluding hydrogens is 330 g/mol. The molecule has 1 unspecified atom stereocenters. The minimum atomic E-state index is -1.52. The van der Waals surface area contributed by atoms with Crippen LogP contribution in [0.2, 0.25) is 0 Å². The van der Waals surface area contributed by atoms with Crippen LogP contribution < -0.4 is 10.5 Å². The van der Waals surface area contributed by atoms with Gasteiger partial charge in [0, 0.05) is 51.3 Å². The van der Waals surface area contributed by atoms with Crippen molar-refractivity contribution in [2.24, 2.45) is 0 Å². The molecule has 2 aromatic heterocycles. The number of methoxy groups -OCH3 is 2. The normalized spacial score (nSPS) is 30.8. The third-order valence-corrected chi connectivity index (χ3v) is 4.68. The lowest BCUT2D eigenvalue weighted by molar-refractivity contribution is -0.118. The Hall–Kier alpha value is -2.01. The van der Waals surface area contributed by atoms with Crippen molar-refractivity contribution in [2.45, 2.75) is 50.9 Å². The molecule has 0 spiro atoms. The van der Waals surface area contributed by atoms with E-state index in [9.17, 15) is 10.2 Å². The molecule has 1 saturated heterocycles. The van der Waals surface area contributed by atoms with Gasteiger partial charge >= 0.3 is 0 Å². The molecule has 0 radical (unpaired) electrons. The predicted molar refractivity (Wildman–Crippen MR) is 154 cm³/mol. The van der Waals surface area contributed by atoms with Crippen LogP contribution in [0, 0.1) is 6.92 Å². The third kappa shape index (κ3) is 2.61. The average molecular weight is 416 g/mol. The number of aryl methyl sites for hydroxylation is 1. The molecule has 1 fully saturated rings. The van der Waals surface area contributed by atoms with Gasteiger partial charge in [-0.3, -0.25) is 4.57 Å². The highest BCUT2D eigenvalue weighted by molar-refractivity contribution is 5.78. The van der Waals surface area contributed by atoms with Crippen LogP contribution in [0.1, 0.15) is 70.1 Å². The summed E-state index contributed by atoms with van der Waals surface area (Å²) in [5, 5.41) is 21.4. The Balaban J connectivity index is -0.00000000871. The van der Waals surface area contributed by atoms with E-state index in [1.54, 1.807) is 18.4 Å². The fourth-order valence-electron chi connectivity index (χ4n) is 3.25. The van der Waals surface area contributed by atoms with E-state index in [2.05, 4.69) is 15.0 Å². The maximum atomic E-state index is 10.7. The minimum Gasteiger partial charge on any atom is -0.479 e. The van der Waals surface area contributed by atoms with Crippen molar-refractivity contribution >= 4 is 17.1 Å². The second kappa shape index (κ2) is 6.06. The highest BCUT2D eigenvalue weighted by Gasteiger charge is 2.55. The largest absolute Gasteiger partial charge is 0.479 e. The number of aromatic nitrogens is 4. The number of ether oxygens (including phenoxy) is 3. The van der Waals surface area contributed by atoms with E-state index in [1.807, 2.05) is 0 Å². The first-order valence-electron chi connectivity index (χ1n) is 7.87. The zero-order chi connectivity index (χ0) is 18.5. The number of aliphatic hydroxyl groups excluding tert-OH is 1. The number of nitrogens with zero attached hydrogens (tertiary/aromatic N) is 4. The van der Waals surface area contributed by atoms with Gasteiger partial charge < -0.3 is 30.2 Å². The average Bonchev–Trinajstić information content (AvgIpc) is 3.00. The van der Waals surface area contributed by atoms with Crippen LogP contribution in [0.25, 0.3) is 11.2 Å². The van der Waals surface area contributed by atoms with E-state index in [0.717, 1.165) is 0 Å². The molecule has 10 nitrogen and oxygen atoms in total. The van der Waals surface area contributed by atoms with E-state index in [0.29, 0.717) is 17.0 Å². The molecular formula is C15H85N5O5. The van der Waals surface area contributed by atoms with Crippen molar-refractivity contribution in [2.75, 3.05) is 20.0 Å². The lowest BCUT2D eigenvalue weighted by atomic mass is 9.91. The number of rotatable bonds is 4. The van der Waals surface area contributed by atoms with E-state index in [4.69, 9.17) is 19.9 Å². The Morgan fingerprint density at radius 3 is 2.64 bits per heavy atom. The van der Waals surface area contributed by atoms with Gasteiger partial charge in [0.2, 0.25) is 11.8 Å². The highest BCUT2D eigenvalue weighted by Crippen LogP contribution is 2.41. The standard InChI is InChI=1S/C15H23N5O5.31H2/c1-6(23-4)10-15(3,22)9(21)13(25-10)20-7(2)17-8-11(20)18-14(16)19-12(8)24-5;;;;;;;;;;;;;;;;;;;;;;;;;;;;;;;/h6,9-10,13,21-22H,1-5H3,(H2,16,18,19);31*1H/t6?,9-,10-,13-,15+;;;;;;;;;;;;;;;;;;;;;;;;;;;;;;;/m1.............................../s1. The monoisotopic (exact) mass is 416 g/mol. The van der Waals surface area contributed by atoms with Gasteiger partial charge in [-0.15, -0.1) is 0 Å². The van der Waals surface area contributed by atoms with Crippen LogP contribution in [0.15, 0.2) is 0 Å². The first-order valence-corrected chi connectivity index (χ1v) is 7.87. The summed E-state index contributed by atoms with van der Waals surface area (Å²) in [6.45, 7) is 5.00. The van der Waals surface area contributed by atoms with Gasteiger partial charge in [-0.2, -0.15) is 9.97 Å². The second-order valence-corrected chi connectivity index (χ2v) is 6.35. The molecule has 25 heavy (non-hydrogen) atoms. The van der Waals surface area contributed by atoms with Crippen molar-refractivity contribution in [3.8, 4) is 5.88 Å². The van der Waals surface area contributed by atoms with Gasteiger partial charge in [0.25, 0.3) is 0 Å². The van der Waals surface area contributed by atoms with E-state index in [1.165, 1.54) is 21.1 Å². The molecule has 1 aliphatic heterocycles. The maximum Gasteiger partial charge on any atom is 0.246 e. The van der Waals surface area contributed by atoms with Crippen LogP contribution in [0.5, 0.6) is 5.88 Å². The van der Waals surface area contributed by atoms with Crippen LogP contribution in [0.4, 0.5) is 5.95 Å². The minimum absolute atomic E-state index is 0. The Bertz CT molecular complexity index is 848. The first kappa shape index (κ1) is 17.8. The summed E-state index contributed by atoms with van der Waals surface area (Å²) in [5.74, 6) is 0.746. The highest BCUT2D eigenvalue weighted by atomic mass is 16.6. The van der Waals surface area contributed by atoms with Crippen molar-refractivity contribution < 1.29 is 68.6 Å². The number of fused-ring (bicyclic) bond motifs is 1. The molecule has 10 heteroatoms. The maximum absolute atomic E-state index is 10.7. The summed E-state index contributed by atoms with van der Waals surface area (Å²) >= 11 is 0. The van der Waals surface area contributed by atoms with Crippen LogP contribution in [-0.2, 0) is 9.47 Å². The quantitative estimate of drug-likeness (QED) is 0.466. The summed E-state index contributed by atoms with van der Waals surface area (Å²) in [7, 11) is 2.97. The number of imidazole rings is 1. The molecule has 4 N–H and O–H groups in total. The summed E-state index contributed by atoms with van der Waals surface area (Å²) in [6.07, 6.45) is -3.32. The Labute approximate surface area is 190 Å². The van der Waals surface area contributed by atoms with Crippen molar-refractivity contribution in [1.29, 1.82) is 0 Å². The molecule has 5 atom stereocenters. The van der Waals surface area contributed by atoms with Gasteiger partial charge in [-0.1, -0.05) is 0 Å². The molecule has 0 amide bonds. The molecule has 200 valence electrons. The molecule has 0 aliphatic carbocycles. The lowest BCUT2D eigenvalue weighted by Gasteiger charge is -2.29. The number of aliphatic hydroxyl groups is 2. The zero-order valence-corrected chi connectivity index (χ0v) is 14.8. The first-order chi connectivity index (χ1) is 11.7. The molecule has 0 bridgehead atoms. The van der Waals surface area contributed by atoms with Gasteiger partial charge in [-0.05, 0) is 20.8 Å². The third-order valence-electron chi connectivity index (χ3n) is 4.68. The molecule has 3 heterocycles. The number of nitrogens with two attached hydrogens (primary N) is 1. The number of hydrogen-bond acceptors (Lipinski definition) is 9. The topological polar surface area (TPSA) is 138 Å². The van der Waals surface area contributed by atoms with Gasteiger partial charge in [0.1, 0.15) is 23.6 Å². The predicted octanol–water partition coefficient (Wildman–Crippen LogP) is 7.40.